The molecular formula is C23H24N4O3. The summed E-state index contributed by atoms with van der Waals surface area (Å²) in [6.45, 7) is 4.07. The quantitative estimate of drug-likeness (QED) is 0.609. The molecule has 1 N–H and O–H groups in total. The summed E-state index contributed by atoms with van der Waals surface area (Å²) in [4.78, 5) is 31.9. The Morgan fingerprint density at radius 3 is 2.37 bits per heavy atom. The molecule has 3 amide bonds. The zero-order valence-electron chi connectivity index (χ0n) is 17.0. The molecule has 7 heteroatoms. The van der Waals surface area contributed by atoms with Crippen molar-refractivity contribution in [3.63, 3.8) is 0 Å². The van der Waals surface area contributed by atoms with Crippen LogP contribution in [0, 0.1) is 5.92 Å². The van der Waals surface area contributed by atoms with Gasteiger partial charge in [0.25, 0.3) is 5.91 Å². The zero-order valence-corrected chi connectivity index (χ0v) is 17.0. The summed E-state index contributed by atoms with van der Waals surface area (Å²) >= 11 is 0. The van der Waals surface area contributed by atoms with Crippen molar-refractivity contribution in [2.45, 2.75) is 38.8 Å². The molecule has 0 saturated carbocycles. The highest BCUT2D eigenvalue weighted by Gasteiger charge is 2.52. The van der Waals surface area contributed by atoms with Gasteiger partial charge in [-0.05, 0) is 17.0 Å². The lowest BCUT2D eigenvalue weighted by Gasteiger charge is -2.27. The maximum Gasteiger partial charge on any atom is 0.325 e. The molecule has 1 atom stereocenters. The van der Waals surface area contributed by atoms with Gasteiger partial charge in [-0.2, -0.15) is 4.98 Å². The van der Waals surface area contributed by atoms with Crippen molar-refractivity contribution in [1.29, 1.82) is 0 Å². The van der Waals surface area contributed by atoms with E-state index in [2.05, 4.69) is 29.3 Å². The van der Waals surface area contributed by atoms with Crippen molar-refractivity contribution in [3.05, 3.63) is 83.5 Å². The average molecular weight is 404 g/mol. The molecule has 1 saturated heterocycles. The van der Waals surface area contributed by atoms with E-state index >= 15 is 0 Å². The average Bonchev–Trinajstić information content (AvgIpc) is 3.27. The molecule has 1 aliphatic rings. The Morgan fingerprint density at radius 2 is 1.70 bits per heavy atom. The Bertz CT molecular complexity index is 1030. The van der Waals surface area contributed by atoms with Gasteiger partial charge in [-0.15, -0.1) is 0 Å². The monoisotopic (exact) mass is 404 g/mol. The number of benzene rings is 2. The second-order valence-corrected chi connectivity index (χ2v) is 7.96. The summed E-state index contributed by atoms with van der Waals surface area (Å²) in [5.41, 5.74) is 0.509. The maximum absolute atomic E-state index is 13.6. The van der Waals surface area contributed by atoms with E-state index in [1.54, 1.807) is 0 Å². The first-order valence-electron chi connectivity index (χ1n) is 10.0. The number of nitrogens with zero attached hydrogens (tertiary/aromatic N) is 3. The molecule has 1 fully saturated rings. The third kappa shape index (κ3) is 3.83. The fraction of sp³-hybridized carbons (Fsp3) is 0.304. The van der Waals surface area contributed by atoms with Crippen molar-refractivity contribution < 1.29 is 14.1 Å². The number of amides is 3. The predicted octanol–water partition coefficient (Wildman–Crippen LogP) is 3.46. The molecule has 1 aromatic heterocycles. The van der Waals surface area contributed by atoms with Crippen molar-refractivity contribution in [3.8, 4) is 0 Å². The largest absolute Gasteiger partial charge is 0.337 e. The smallest absolute Gasteiger partial charge is 0.325 e. The van der Waals surface area contributed by atoms with Gasteiger partial charge in [0.1, 0.15) is 6.54 Å². The first kappa shape index (κ1) is 19.8. The Balaban J connectivity index is 1.64. The number of imide groups is 1. The molecule has 2 heterocycles. The minimum atomic E-state index is -1.18. The van der Waals surface area contributed by atoms with Gasteiger partial charge < -0.3 is 9.84 Å². The predicted molar refractivity (Wildman–Crippen MR) is 110 cm³/mol. The molecule has 0 aliphatic carbocycles. The fourth-order valence-corrected chi connectivity index (χ4v) is 3.75. The van der Waals surface area contributed by atoms with E-state index in [9.17, 15) is 9.59 Å². The lowest BCUT2D eigenvalue weighted by Crippen LogP contribution is -2.46. The van der Waals surface area contributed by atoms with Crippen LogP contribution in [0.2, 0.25) is 0 Å². The van der Waals surface area contributed by atoms with Gasteiger partial charge in [0, 0.05) is 12.8 Å². The molecule has 0 radical (unpaired) electrons. The van der Waals surface area contributed by atoms with Gasteiger partial charge in [0.2, 0.25) is 5.89 Å². The summed E-state index contributed by atoms with van der Waals surface area (Å²) in [5.74, 6) is 0.873. The van der Waals surface area contributed by atoms with E-state index in [0.29, 0.717) is 24.6 Å². The van der Waals surface area contributed by atoms with Crippen LogP contribution in [-0.4, -0.2) is 27.0 Å². The highest BCUT2D eigenvalue weighted by atomic mass is 16.5. The number of rotatable bonds is 7. The number of aromatic nitrogens is 2. The SMILES string of the molecule is CC(C)Cc1noc(CN2C(=O)N[C@@](Cc3ccccc3)(c3ccccc3)C2=O)n1. The molecule has 0 bridgehead atoms. The van der Waals surface area contributed by atoms with Gasteiger partial charge in [0.15, 0.2) is 11.4 Å². The molecule has 0 spiro atoms. The van der Waals surface area contributed by atoms with Crippen molar-refractivity contribution in [2.24, 2.45) is 5.92 Å². The first-order chi connectivity index (χ1) is 14.5. The van der Waals surface area contributed by atoms with Gasteiger partial charge in [-0.3, -0.25) is 9.69 Å². The number of hydrogen-bond donors (Lipinski definition) is 1. The van der Waals surface area contributed by atoms with E-state index in [-0.39, 0.29) is 18.3 Å². The third-order valence-electron chi connectivity index (χ3n) is 5.15. The van der Waals surface area contributed by atoms with E-state index < -0.39 is 11.6 Å². The van der Waals surface area contributed by atoms with Crippen LogP contribution in [-0.2, 0) is 29.7 Å². The van der Waals surface area contributed by atoms with Gasteiger partial charge >= 0.3 is 6.03 Å². The van der Waals surface area contributed by atoms with Crippen molar-refractivity contribution in [1.82, 2.24) is 20.4 Å². The highest BCUT2D eigenvalue weighted by Crippen LogP contribution is 2.33. The topological polar surface area (TPSA) is 88.3 Å². The van der Waals surface area contributed by atoms with E-state index in [4.69, 9.17) is 4.52 Å². The summed E-state index contributed by atoms with van der Waals surface area (Å²) in [5, 5.41) is 6.89. The van der Waals surface area contributed by atoms with Crippen LogP contribution < -0.4 is 5.32 Å². The molecule has 7 nitrogen and oxygen atoms in total. The maximum atomic E-state index is 13.6. The Labute approximate surface area is 175 Å². The van der Waals surface area contributed by atoms with E-state index in [1.807, 2.05) is 60.7 Å². The lowest BCUT2D eigenvalue weighted by atomic mass is 9.83. The summed E-state index contributed by atoms with van der Waals surface area (Å²) in [6, 6.07) is 18.5. The second-order valence-electron chi connectivity index (χ2n) is 7.96. The molecule has 0 unspecified atom stereocenters. The highest BCUT2D eigenvalue weighted by molar-refractivity contribution is 6.07. The standard InChI is InChI=1S/C23H24N4O3/c1-16(2)13-19-24-20(30-26-19)15-27-21(28)23(25-22(27)29,18-11-7-4-8-12-18)14-17-9-5-3-6-10-17/h3-12,16H,13-15H2,1-2H3,(H,25,29)/t23-/m0/s1. The summed E-state index contributed by atoms with van der Waals surface area (Å²) < 4.78 is 5.28. The Morgan fingerprint density at radius 1 is 1.03 bits per heavy atom. The lowest BCUT2D eigenvalue weighted by molar-refractivity contribution is -0.132. The van der Waals surface area contributed by atoms with Crippen molar-refractivity contribution in [2.75, 3.05) is 0 Å². The Kier molecular flexibility index (Phi) is 5.35. The number of carbonyl (C=O) groups excluding carboxylic acids is 2. The van der Waals surface area contributed by atoms with Gasteiger partial charge in [-0.1, -0.05) is 79.7 Å². The minimum absolute atomic E-state index is 0.0564. The first-order valence-corrected chi connectivity index (χ1v) is 10.0. The molecular weight excluding hydrogens is 380 g/mol. The molecule has 3 aromatic rings. The molecule has 2 aromatic carbocycles. The molecule has 30 heavy (non-hydrogen) atoms. The molecule has 1 aliphatic heterocycles. The van der Waals surface area contributed by atoms with Crippen molar-refractivity contribution >= 4 is 11.9 Å². The summed E-state index contributed by atoms with van der Waals surface area (Å²) in [6.07, 6.45) is 1.02. The third-order valence-corrected chi connectivity index (χ3v) is 5.15. The molecule has 4 rings (SSSR count). The number of nitrogens with one attached hydrogen (secondary N) is 1. The van der Waals surface area contributed by atoms with E-state index in [1.165, 1.54) is 0 Å². The van der Waals surface area contributed by atoms with Crippen LogP contribution in [0.3, 0.4) is 0 Å². The number of hydrogen-bond acceptors (Lipinski definition) is 5. The van der Waals surface area contributed by atoms with Crippen LogP contribution >= 0.6 is 0 Å². The second kappa shape index (κ2) is 8.10. The summed E-state index contributed by atoms with van der Waals surface area (Å²) in [7, 11) is 0. The van der Waals surface area contributed by atoms with Gasteiger partial charge in [-0.25, -0.2) is 4.79 Å². The van der Waals surface area contributed by atoms with E-state index in [0.717, 1.165) is 16.0 Å². The number of carbonyl (C=O) groups is 2. The van der Waals surface area contributed by atoms with Crippen LogP contribution in [0.5, 0.6) is 0 Å². The van der Waals surface area contributed by atoms with Crippen LogP contribution in [0.1, 0.15) is 36.7 Å². The van der Waals surface area contributed by atoms with Crippen LogP contribution in [0.15, 0.2) is 65.2 Å². The minimum Gasteiger partial charge on any atom is -0.337 e. The normalized spacial score (nSPS) is 18.8. The fourth-order valence-electron chi connectivity index (χ4n) is 3.75. The van der Waals surface area contributed by atoms with Crippen LogP contribution in [0.25, 0.3) is 0 Å². The number of urea groups is 1. The van der Waals surface area contributed by atoms with Gasteiger partial charge in [0.05, 0.1) is 0 Å². The van der Waals surface area contributed by atoms with Crippen LogP contribution in [0.4, 0.5) is 4.79 Å². The Hall–Kier alpha value is -3.48. The zero-order chi connectivity index (χ0) is 21.1. The molecule has 154 valence electrons.